The molecule has 0 saturated heterocycles. The summed E-state index contributed by atoms with van der Waals surface area (Å²) in [6.45, 7) is 0.199. The molecule has 0 aromatic heterocycles. The average molecular weight is 297 g/mol. The van der Waals surface area contributed by atoms with Crippen molar-refractivity contribution in [1.29, 1.82) is 0 Å². The van der Waals surface area contributed by atoms with Gasteiger partial charge >= 0.3 is 7.12 Å². The van der Waals surface area contributed by atoms with Crippen molar-refractivity contribution in [3.8, 4) is 5.75 Å². The first kappa shape index (κ1) is 14.2. The van der Waals surface area contributed by atoms with Gasteiger partial charge in [0.25, 0.3) is 0 Å². The monoisotopic (exact) mass is 296 g/mol. The molecule has 3 nitrogen and oxygen atoms in total. The van der Waals surface area contributed by atoms with Crippen LogP contribution in [0.1, 0.15) is 5.56 Å². The van der Waals surface area contributed by atoms with Crippen LogP contribution in [0.15, 0.2) is 42.5 Å². The van der Waals surface area contributed by atoms with E-state index < -0.39 is 7.12 Å². The number of benzene rings is 2. The molecule has 0 aliphatic heterocycles. The van der Waals surface area contributed by atoms with Crippen LogP contribution < -0.4 is 10.2 Å². The van der Waals surface area contributed by atoms with Crippen LogP contribution in [-0.2, 0) is 6.61 Å². The van der Waals surface area contributed by atoms with Gasteiger partial charge < -0.3 is 14.8 Å². The van der Waals surface area contributed by atoms with Crippen LogP contribution in [0.4, 0.5) is 0 Å². The molecule has 0 spiro atoms. The Morgan fingerprint density at radius 2 is 1.63 bits per heavy atom. The zero-order valence-electron chi connectivity index (χ0n) is 9.88. The van der Waals surface area contributed by atoms with E-state index in [4.69, 9.17) is 27.9 Å². The van der Waals surface area contributed by atoms with Gasteiger partial charge in [-0.25, -0.2) is 0 Å². The zero-order valence-corrected chi connectivity index (χ0v) is 11.4. The summed E-state index contributed by atoms with van der Waals surface area (Å²) in [5, 5.41) is 19.5. The van der Waals surface area contributed by atoms with Gasteiger partial charge in [-0.1, -0.05) is 47.5 Å². The molecule has 0 unspecified atom stereocenters. The molecule has 0 heterocycles. The number of rotatable bonds is 4. The van der Waals surface area contributed by atoms with Gasteiger partial charge in [0.2, 0.25) is 0 Å². The zero-order chi connectivity index (χ0) is 13.8. The van der Waals surface area contributed by atoms with Crippen LogP contribution in [0.2, 0.25) is 10.0 Å². The molecule has 0 bridgehead atoms. The quantitative estimate of drug-likeness (QED) is 0.851. The summed E-state index contributed by atoms with van der Waals surface area (Å²) in [6, 6.07) is 11.8. The minimum atomic E-state index is -1.53. The molecule has 2 N–H and O–H groups in total. The predicted molar refractivity (Wildman–Crippen MR) is 77.1 cm³/mol. The fourth-order valence-corrected chi connectivity index (χ4v) is 2.20. The molecule has 0 amide bonds. The van der Waals surface area contributed by atoms with Crippen molar-refractivity contribution < 1.29 is 14.8 Å². The second-order valence-corrected chi connectivity index (χ2v) is 4.84. The maximum Gasteiger partial charge on any atom is 0.488 e. The van der Waals surface area contributed by atoms with E-state index in [9.17, 15) is 10.0 Å². The molecule has 0 aliphatic rings. The van der Waals surface area contributed by atoms with Crippen molar-refractivity contribution in [2.45, 2.75) is 6.61 Å². The van der Waals surface area contributed by atoms with Crippen LogP contribution in [0.5, 0.6) is 5.75 Å². The second kappa shape index (κ2) is 6.30. The lowest BCUT2D eigenvalue weighted by molar-refractivity contribution is 0.306. The highest BCUT2D eigenvalue weighted by molar-refractivity contribution is 6.59. The Hall–Kier alpha value is -1.20. The minimum Gasteiger partial charge on any atom is -0.489 e. The summed E-state index contributed by atoms with van der Waals surface area (Å²) >= 11 is 11.7. The van der Waals surface area contributed by atoms with Crippen LogP contribution in [0, 0.1) is 0 Å². The molecular formula is C13H11BCl2O3. The van der Waals surface area contributed by atoms with Gasteiger partial charge in [-0.2, -0.15) is 0 Å². The lowest BCUT2D eigenvalue weighted by Crippen LogP contribution is -2.33. The van der Waals surface area contributed by atoms with E-state index in [2.05, 4.69) is 0 Å². The topological polar surface area (TPSA) is 49.7 Å². The largest absolute Gasteiger partial charge is 0.489 e. The van der Waals surface area contributed by atoms with E-state index >= 15 is 0 Å². The molecule has 98 valence electrons. The van der Waals surface area contributed by atoms with E-state index in [0.29, 0.717) is 26.8 Å². The molecule has 2 aromatic carbocycles. The summed E-state index contributed by atoms with van der Waals surface area (Å²) in [4.78, 5) is 0. The molecule has 2 aromatic rings. The van der Waals surface area contributed by atoms with E-state index in [1.807, 2.05) is 0 Å². The molecular weight excluding hydrogens is 286 g/mol. The van der Waals surface area contributed by atoms with Gasteiger partial charge in [-0.15, -0.1) is 0 Å². The summed E-state index contributed by atoms with van der Waals surface area (Å²) in [6.07, 6.45) is 0. The first-order valence-electron chi connectivity index (χ1n) is 5.59. The Kier molecular flexibility index (Phi) is 4.72. The maximum absolute atomic E-state index is 9.25. The number of hydrogen-bond donors (Lipinski definition) is 2. The van der Waals surface area contributed by atoms with Crippen molar-refractivity contribution in [1.82, 2.24) is 0 Å². The van der Waals surface area contributed by atoms with E-state index in [-0.39, 0.29) is 6.61 Å². The van der Waals surface area contributed by atoms with Crippen LogP contribution in [0.3, 0.4) is 0 Å². The molecule has 0 atom stereocenters. The summed E-state index contributed by atoms with van der Waals surface area (Å²) in [5.41, 5.74) is 1.10. The summed E-state index contributed by atoms with van der Waals surface area (Å²) in [5.74, 6) is 0.528. The molecule has 0 fully saturated rings. The first-order chi connectivity index (χ1) is 9.06. The minimum absolute atomic E-state index is 0.199. The van der Waals surface area contributed by atoms with Crippen LogP contribution >= 0.6 is 23.2 Å². The van der Waals surface area contributed by atoms with Gasteiger partial charge in [0.05, 0.1) is 0 Å². The van der Waals surface area contributed by atoms with Gasteiger partial charge in [0, 0.05) is 10.0 Å². The Balaban J connectivity index is 2.14. The Morgan fingerprint density at radius 1 is 1.00 bits per heavy atom. The fraction of sp³-hybridized carbons (Fsp3) is 0.0769. The maximum atomic E-state index is 9.25. The van der Waals surface area contributed by atoms with Gasteiger partial charge in [0.1, 0.15) is 12.4 Å². The predicted octanol–water partition coefficient (Wildman–Crippen LogP) is 2.25. The molecule has 0 aliphatic carbocycles. The molecule has 0 radical (unpaired) electrons. The van der Waals surface area contributed by atoms with Crippen molar-refractivity contribution in [3.05, 3.63) is 58.1 Å². The van der Waals surface area contributed by atoms with E-state index in [1.165, 1.54) is 0 Å². The molecule has 19 heavy (non-hydrogen) atoms. The average Bonchev–Trinajstić information content (AvgIpc) is 2.35. The summed E-state index contributed by atoms with van der Waals surface area (Å²) < 4.78 is 5.55. The first-order valence-corrected chi connectivity index (χ1v) is 6.34. The van der Waals surface area contributed by atoms with Gasteiger partial charge in [-0.3, -0.25) is 0 Å². The molecule has 6 heteroatoms. The third-order valence-electron chi connectivity index (χ3n) is 2.56. The van der Waals surface area contributed by atoms with Gasteiger partial charge in [0.15, 0.2) is 0 Å². The lowest BCUT2D eigenvalue weighted by atomic mass is 9.77. The fourth-order valence-electron chi connectivity index (χ4n) is 1.69. The standard InChI is InChI=1S/C13H11BCl2O3/c15-10-5-11(16)7-12(6-10)19-8-9-3-1-2-4-13(9)14(17)18/h1-7,17-18H,8H2. The highest BCUT2D eigenvalue weighted by atomic mass is 35.5. The third kappa shape index (κ3) is 3.88. The normalized spacial score (nSPS) is 10.3. The highest BCUT2D eigenvalue weighted by Gasteiger charge is 2.15. The lowest BCUT2D eigenvalue weighted by Gasteiger charge is -2.11. The smallest absolute Gasteiger partial charge is 0.488 e. The number of ether oxygens (including phenoxy) is 1. The Bertz CT molecular complexity index is 555. The van der Waals surface area contributed by atoms with Crippen molar-refractivity contribution in [2.24, 2.45) is 0 Å². The Morgan fingerprint density at radius 3 is 2.26 bits per heavy atom. The van der Waals surface area contributed by atoms with Crippen molar-refractivity contribution in [2.75, 3.05) is 0 Å². The van der Waals surface area contributed by atoms with Crippen LogP contribution in [0.25, 0.3) is 0 Å². The summed E-state index contributed by atoms with van der Waals surface area (Å²) in [7, 11) is -1.53. The third-order valence-corrected chi connectivity index (χ3v) is 3.00. The van der Waals surface area contributed by atoms with Crippen molar-refractivity contribution in [3.63, 3.8) is 0 Å². The number of hydrogen-bond acceptors (Lipinski definition) is 3. The van der Waals surface area contributed by atoms with E-state index in [1.54, 1.807) is 42.5 Å². The second-order valence-electron chi connectivity index (χ2n) is 3.97. The SMILES string of the molecule is OB(O)c1ccccc1COc1cc(Cl)cc(Cl)c1. The highest BCUT2D eigenvalue weighted by Crippen LogP contribution is 2.24. The van der Waals surface area contributed by atoms with Crippen molar-refractivity contribution >= 4 is 35.8 Å². The van der Waals surface area contributed by atoms with E-state index in [0.717, 1.165) is 0 Å². The number of halogens is 2. The van der Waals surface area contributed by atoms with Crippen LogP contribution in [-0.4, -0.2) is 17.2 Å². The van der Waals surface area contributed by atoms with Gasteiger partial charge in [-0.05, 0) is 29.2 Å². The molecule has 0 saturated carbocycles. The molecule has 2 rings (SSSR count). The Labute approximate surface area is 121 Å².